The predicted molar refractivity (Wildman–Crippen MR) is 59.2 cm³/mol. The lowest BCUT2D eigenvalue weighted by atomic mass is 10.1. The molecule has 0 saturated heterocycles. The number of nitrogens with one attached hydrogen (secondary N) is 1. The Morgan fingerprint density at radius 3 is 2.65 bits per heavy atom. The predicted octanol–water partition coefficient (Wildman–Crippen LogP) is 1.11. The third-order valence-electron chi connectivity index (χ3n) is 3.01. The molecule has 0 radical (unpaired) electrons. The maximum absolute atomic E-state index is 13.3. The van der Waals surface area contributed by atoms with Gasteiger partial charge in [-0.2, -0.15) is 0 Å². The van der Waals surface area contributed by atoms with Crippen LogP contribution < -0.4 is 11.1 Å². The second kappa shape index (κ2) is 4.41. The third-order valence-corrected chi connectivity index (χ3v) is 3.01. The van der Waals surface area contributed by atoms with Gasteiger partial charge in [-0.05, 0) is 24.5 Å². The Bertz CT molecular complexity index is 444. The first-order valence-corrected chi connectivity index (χ1v) is 5.50. The molecule has 1 amide bonds. The first-order valence-electron chi connectivity index (χ1n) is 5.50. The fourth-order valence-corrected chi connectivity index (χ4v) is 1.71. The largest absolute Gasteiger partial charge is 0.349 e. The highest BCUT2D eigenvalue weighted by atomic mass is 19.1. The van der Waals surface area contributed by atoms with E-state index in [4.69, 9.17) is 5.73 Å². The number of rotatable bonds is 4. The molecule has 5 heteroatoms. The summed E-state index contributed by atoms with van der Waals surface area (Å²) in [5, 5.41) is 2.78. The molecule has 2 rings (SSSR count). The zero-order valence-corrected chi connectivity index (χ0v) is 9.30. The van der Waals surface area contributed by atoms with Crippen molar-refractivity contribution in [3.05, 3.63) is 35.4 Å². The standard InChI is InChI=1S/C12H14F2N2O/c13-9-2-1-8(10(14)6-9)5-11(17)16-12(7-15)3-4-12/h1-2,6H,3-5,7,15H2,(H,16,17). The molecule has 17 heavy (non-hydrogen) atoms. The van der Waals surface area contributed by atoms with Crippen LogP contribution in [0.15, 0.2) is 18.2 Å². The van der Waals surface area contributed by atoms with Crippen LogP contribution in [0.25, 0.3) is 0 Å². The highest BCUT2D eigenvalue weighted by Gasteiger charge is 2.42. The lowest BCUT2D eigenvalue weighted by Crippen LogP contribution is -2.43. The van der Waals surface area contributed by atoms with Crippen molar-refractivity contribution < 1.29 is 13.6 Å². The molecule has 0 aliphatic heterocycles. The van der Waals surface area contributed by atoms with Crippen LogP contribution in [0.1, 0.15) is 18.4 Å². The van der Waals surface area contributed by atoms with Gasteiger partial charge in [0.15, 0.2) is 0 Å². The van der Waals surface area contributed by atoms with Gasteiger partial charge >= 0.3 is 0 Å². The number of carbonyl (C=O) groups excluding carboxylic acids is 1. The van der Waals surface area contributed by atoms with Gasteiger partial charge in [-0.25, -0.2) is 8.78 Å². The van der Waals surface area contributed by atoms with Crippen molar-refractivity contribution in [1.29, 1.82) is 0 Å². The van der Waals surface area contributed by atoms with E-state index in [9.17, 15) is 13.6 Å². The molecule has 1 fully saturated rings. The van der Waals surface area contributed by atoms with Crippen molar-refractivity contribution in [1.82, 2.24) is 5.32 Å². The number of carbonyl (C=O) groups is 1. The maximum atomic E-state index is 13.3. The van der Waals surface area contributed by atoms with Crippen LogP contribution in [0, 0.1) is 11.6 Å². The van der Waals surface area contributed by atoms with Crippen LogP contribution in [-0.2, 0) is 11.2 Å². The first-order chi connectivity index (χ1) is 8.04. The molecule has 1 aliphatic carbocycles. The van der Waals surface area contributed by atoms with E-state index >= 15 is 0 Å². The molecule has 3 nitrogen and oxygen atoms in total. The highest BCUT2D eigenvalue weighted by molar-refractivity contribution is 5.79. The number of hydrogen-bond donors (Lipinski definition) is 2. The van der Waals surface area contributed by atoms with E-state index in [2.05, 4.69) is 5.32 Å². The van der Waals surface area contributed by atoms with Crippen LogP contribution in [0.4, 0.5) is 8.78 Å². The number of hydrogen-bond acceptors (Lipinski definition) is 2. The average molecular weight is 240 g/mol. The van der Waals surface area contributed by atoms with Gasteiger partial charge in [0.1, 0.15) is 11.6 Å². The quantitative estimate of drug-likeness (QED) is 0.828. The molecule has 0 heterocycles. The Morgan fingerprint density at radius 1 is 1.41 bits per heavy atom. The van der Waals surface area contributed by atoms with Crippen molar-refractivity contribution in [2.45, 2.75) is 24.8 Å². The Balaban J connectivity index is 1.98. The Labute approximate surface area is 98.0 Å². The van der Waals surface area contributed by atoms with Gasteiger partial charge in [0.05, 0.1) is 12.0 Å². The van der Waals surface area contributed by atoms with Gasteiger partial charge in [-0.15, -0.1) is 0 Å². The summed E-state index contributed by atoms with van der Waals surface area (Å²) in [5.41, 5.74) is 5.43. The fourth-order valence-electron chi connectivity index (χ4n) is 1.71. The fraction of sp³-hybridized carbons (Fsp3) is 0.417. The lowest BCUT2D eigenvalue weighted by Gasteiger charge is -2.14. The van der Waals surface area contributed by atoms with Crippen LogP contribution in [0.5, 0.6) is 0 Å². The molecule has 1 aromatic carbocycles. The second-order valence-corrected chi connectivity index (χ2v) is 4.45. The Kier molecular flexibility index (Phi) is 3.11. The Hall–Kier alpha value is -1.49. The maximum Gasteiger partial charge on any atom is 0.225 e. The summed E-state index contributed by atoms with van der Waals surface area (Å²) in [6.45, 7) is 0.393. The number of nitrogens with two attached hydrogens (primary N) is 1. The molecule has 0 bridgehead atoms. The minimum atomic E-state index is -0.697. The molecule has 1 aliphatic rings. The molecule has 0 spiro atoms. The van der Waals surface area contributed by atoms with Gasteiger partial charge in [0.25, 0.3) is 0 Å². The number of amides is 1. The van der Waals surface area contributed by atoms with Crippen LogP contribution in [0.3, 0.4) is 0 Å². The van der Waals surface area contributed by atoms with Crippen LogP contribution in [0.2, 0.25) is 0 Å². The molecule has 0 atom stereocenters. The van der Waals surface area contributed by atoms with E-state index in [0.717, 1.165) is 25.0 Å². The first kappa shape index (κ1) is 12.0. The minimum Gasteiger partial charge on any atom is -0.349 e. The van der Waals surface area contributed by atoms with Crippen molar-refractivity contribution >= 4 is 5.91 Å². The summed E-state index contributed by atoms with van der Waals surface area (Å²) in [6.07, 6.45) is 1.64. The summed E-state index contributed by atoms with van der Waals surface area (Å²) in [6, 6.07) is 3.20. The number of halogens is 2. The average Bonchev–Trinajstić information content (AvgIpc) is 3.03. The van der Waals surface area contributed by atoms with Gasteiger partial charge in [0.2, 0.25) is 5.91 Å². The Morgan fingerprint density at radius 2 is 2.12 bits per heavy atom. The number of benzene rings is 1. The molecular formula is C12H14F2N2O. The van der Waals surface area contributed by atoms with Crippen molar-refractivity contribution in [2.24, 2.45) is 5.73 Å². The smallest absolute Gasteiger partial charge is 0.225 e. The summed E-state index contributed by atoms with van der Waals surface area (Å²) in [7, 11) is 0. The van der Waals surface area contributed by atoms with Crippen molar-refractivity contribution in [3.63, 3.8) is 0 Å². The van der Waals surface area contributed by atoms with E-state index in [1.807, 2.05) is 0 Å². The van der Waals surface area contributed by atoms with Crippen LogP contribution >= 0.6 is 0 Å². The molecule has 0 unspecified atom stereocenters. The zero-order chi connectivity index (χ0) is 12.5. The lowest BCUT2D eigenvalue weighted by molar-refractivity contribution is -0.121. The van der Waals surface area contributed by atoms with E-state index in [-0.39, 0.29) is 23.4 Å². The summed E-state index contributed by atoms with van der Waals surface area (Å²) in [4.78, 5) is 11.6. The molecule has 3 N–H and O–H groups in total. The van der Waals surface area contributed by atoms with Crippen LogP contribution in [-0.4, -0.2) is 18.0 Å². The molecule has 0 aromatic heterocycles. The molecule has 1 aromatic rings. The normalized spacial score (nSPS) is 16.6. The summed E-state index contributed by atoms with van der Waals surface area (Å²) >= 11 is 0. The van der Waals surface area contributed by atoms with E-state index in [1.165, 1.54) is 6.07 Å². The van der Waals surface area contributed by atoms with Crippen molar-refractivity contribution in [3.8, 4) is 0 Å². The third kappa shape index (κ3) is 2.79. The van der Waals surface area contributed by atoms with Gasteiger partial charge < -0.3 is 11.1 Å². The molecule has 1 saturated carbocycles. The monoisotopic (exact) mass is 240 g/mol. The molecule has 92 valence electrons. The topological polar surface area (TPSA) is 55.1 Å². The van der Waals surface area contributed by atoms with Gasteiger partial charge in [-0.3, -0.25) is 4.79 Å². The van der Waals surface area contributed by atoms with Crippen molar-refractivity contribution in [2.75, 3.05) is 6.54 Å². The minimum absolute atomic E-state index is 0.0894. The second-order valence-electron chi connectivity index (χ2n) is 4.45. The van der Waals surface area contributed by atoms with E-state index in [0.29, 0.717) is 6.54 Å². The van der Waals surface area contributed by atoms with E-state index in [1.54, 1.807) is 0 Å². The zero-order valence-electron chi connectivity index (χ0n) is 9.30. The van der Waals surface area contributed by atoms with Gasteiger partial charge in [0, 0.05) is 12.6 Å². The summed E-state index contributed by atoms with van der Waals surface area (Å²) < 4.78 is 26.0. The highest BCUT2D eigenvalue weighted by Crippen LogP contribution is 2.33. The van der Waals surface area contributed by atoms with Gasteiger partial charge in [-0.1, -0.05) is 6.07 Å². The molecular weight excluding hydrogens is 226 g/mol. The SMILES string of the molecule is NCC1(NC(=O)Cc2ccc(F)cc2F)CC1. The van der Waals surface area contributed by atoms with E-state index < -0.39 is 11.6 Å². The summed E-state index contributed by atoms with van der Waals surface area (Å²) in [5.74, 6) is -1.62.